The summed E-state index contributed by atoms with van der Waals surface area (Å²) in [6.45, 7) is 0. The van der Waals surface area contributed by atoms with Crippen LogP contribution in [0.25, 0.3) is 5.57 Å². The normalized spacial score (nSPS) is 20.5. The first-order chi connectivity index (χ1) is 10.4. The van der Waals surface area contributed by atoms with Gasteiger partial charge in [0.1, 0.15) is 0 Å². The monoisotopic (exact) mass is 302 g/mol. The van der Waals surface area contributed by atoms with Gasteiger partial charge < -0.3 is 10.8 Å². The number of carboxylic acids is 1. The zero-order valence-corrected chi connectivity index (χ0v) is 11.4. The molecule has 0 amide bonds. The van der Waals surface area contributed by atoms with Crippen LogP contribution in [0.1, 0.15) is 12.0 Å². The van der Waals surface area contributed by atoms with Gasteiger partial charge >= 0.3 is 11.6 Å². The minimum absolute atomic E-state index is 0.0194. The maximum atomic E-state index is 11.4. The fourth-order valence-corrected chi connectivity index (χ4v) is 2.33. The molecule has 0 bridgehead atoms. The van der Waals surface area contributed by atoms with Gasteiger partial charge in [-0.3, -0.25) is 20.8 Å². The summed E-state index contributed by atoms with van der Waals surface area (Å²) in [4.78, 5) is 22.2. The van der Waals surface area contributed by atoms with Gasteiger partial charge in [0.05, 0.1) is 16.9 Å². The summed E-state index contributed by atoms with van der Waals surface area (Å²) in [6.07, 6.45) is 2.05. The van der Waals surface area contributed by atoms with Crippen molar-refractivity contribution in [3.05, 3.63) is 63.7 Å². The zero-order valence-electron chi connectivity index (χ0n) is 11.4. The van der Waals surface area contributed by atoms with E-state index >= 15 is 0 Å². The van der Waals surface area contributed by atoms with E-state index in [2.05, 4.69) is 5.32 Å². The standard InChI is InChI=1S/C14H14N4O4/c15-13(16)17-14(18(21)22)7-6-10(12(19)20)11(8-14)9-4-2-1-3-5-9/h1-7H,8H2,(H,19,20)(H4,15,16,17). The highest BCUT2D eigenvalue weighted by Crippen LogP contribution is 2.34. The maximum absolute atomic E-state index is 11.4. The van der Waals surface area contributed by atoms with Gasteiger partial charge in [-0.1, -0.05) is 30.3 Å². The Hall–Kier alpha value is -3.16. The highest BCUT2D eigenvalue weighted by atomic mass is 16.6. The average molecular weight is 302 g/mol. The van der Waals surface area contributed by atoms with E-state index in [1.54, 1.807) is 30.3 Å². The number of hydrogen-bond donors (Lipinski definition) is 4. The van der Waals surface area contributed by atoms with Gasteiger partial charge in [0.15, 0.2) is 5.96 Å². The number of nitrogens with two attached hydrogens (primary N) is 1. The number of rotatable bonds is 4. The summed E-state index contributed by atoms with van der Waals surface area (Å²) >= 11 is 0. The minimum Gasteiger partial charge on any atom is -0.478 e. The van der Waals surface area contributed by atoms with Crippen molar-refractivity contribution in [1.29, 1.82) is 5.41 Å². The van der Waals surface area contributed by atoms with Gasteiger partial charge in [0.25, 0.3) is 0 Å². The molecule has 0 radical (unpaired) electrons. The van der Waals surface area contributed by atoms with Crippen LogP contribution in [0.3, 0.4) is 0 Å². The van der Waals surface area contributed by atoms with Crippen LogP contribution in [0.15, 0.2) is 48.1 Å². The minimum atomic E-state index is -1.84. The van der Waals surface area contributed by atoms with E-state index in [1.807, 2.05) is 0 Å². The van der Waals surface area contributed by atoms with Crippen molar-refractivity contribution < 1.29 is 14.8 Å². The molecule has 1 aliphatic carbocycles. The molecular formula is C14H14N4O4. The summed E-state index contributed by atoms with van der Waals surface area (Å²) in [7, 11) is 0. The molecule has 0 aromatic heterocycles. The number of benzene rings is 1. The van der Waals surface area contributed by atoms with Crippen molar-refractivity contribution >= 4 is 17.5 Å². The predicted octanol–water partition coefficient (Wildman–Crippen LogP) is 0.941. The summed E-state index contributed by atoms with van der Waals surface area (Å²) in [5.41, 5.74) is 4.25. The lowest BCUT2D eigenvalue weighted by Gasteiger charge is -2.28. The molecule has 1 aromatic rings. The molecule has 1 atom stereocenters. The summed E-state index contributed by atoms with van der Waals surface area (Å²) in [5.74, 6) is -1.73. The van der Waals surface area contributed by atoms with Gasteiger partial charge in [-0.15, -0.1) is 0 Å². The van der Waals surface area contributed by atoms with E-state index in [-0.39, 0.29) is 12.0 Å². The Morgan fingerprint density at radius 2 is 2.05 bits per heavy atom. The molecule has 0 saturated heterocycles. The van der Waals surface area contributed by atoms with E-state index in [1.165, 1.54) is 6.08 Å². The Balaban J connectivity index is 2.55. The van der Waals surface area contributed by atoms with Crippen LogP contribution in [0.4, 0.5) is 0 Å². The fourth-order valence-electron chi connectivity index (χ4n) is 2.33. The molecule has 0 saturated carbocycles. The molecule has 0 heterocycles. The quantitative estimate of drug-likeness (QED) is 0.214. The SMILES string of the molecule is N=C(N)NC1([N+](=O)[O-])C=CC(C(=O)O)=C(c2ccccc2)C1. The second kappa shape index (κ2) is 5.68. The van der Waals surface area contributed by atoms with Crippen LogP contribution < -0.4 is 11.1 Å². The third-order valence-corrected chi connectivity index (χ3v) is 3.33. The number of aliphatic carboxylic acids is 1. The molecule has 0 spiro atoms. The molecule has 1 aliphatic rings. The molecule has 8 nitrogen and oxygen atoms in total. The second-order valence-electron chi connectivity index (χ2n) is 4.79. The smallest absolute Gasteiger partial charge is 0.335 e. The third-order valence-electron chi connectivity index (χ3n) is 3.33. The molecule has 2 rings (SSSR count). The van der Waals surface area contributed by atoms with Crippen molar-refractivity contribution in [3.8, 4) is 0 Å². The van der Waals surface area contributed by atoms with Gasteiger partial charge in [0, 0.05) is 6.08 Å². The molecule has 8 heteroatoms. The van der Waals surface area contributed by atoms with Gasteiger partial charge in [-0.2, -0.15) is 0 Å². The first-order valence-corrected chi connectivity index (χ1v) is 6.33. The van der Waals surface area contributed by atoms with E-state index in [0.29, 0.717) is 11.1 Å². The Kier molecular flexibility index (Phi) is 3.93. The Morgan fingerprint density at radius 3 is 2.55 bits per heavy atom. The average Bonchev–Trinajstić information content (AvgIpc) is 2.47. The molecule has 22 heavy (non-hydrogen) atoms. The lowest BCUT2D eigenvalue weighted by Crippen LogP contribution is -2.56. The third kappa shape index (κ3) is 2.80. The van der Waals surface area contributed by atoms with Crippen molar-refractivity contribution in [2.45, 2.75) is 12.1 Å². The predicted molar refractivity (Wildman–Crippen MR) is 79.5 cm³/mol. The van der Waals surface area contributed by atoms with E-state index < -0.39 is 22.5 Å². The number of hydrogen-bond acceptors (Lipinski definition) is 4. The number of nitro groups is 1. The van der Waals surface area contributed by atoms with E-state index in [9.17, 15) is 20.0 Å². The van der Waals surface area contributed by atoms with Crippen molar-refractivity contribution in [2.24, 2.45) is 5.73 Å². The Labute approximate surface area is 125 Å². The summed E-state index contributed by atoms with van der Waals surface area (Å²) in [5, 5.41) is 30.3. The van der Waals surface area contributed by atoms with Crippen LogP contribution in [0.2, 0.25) is 0 Å². The topological polar surface area (TPSA) is 142 Å². The van der Waals surface area contributed by atoms with E-state index in [4.69, 9.17) is 11.1 Å². The Bertz CT molecular complexity index is 696. The highest BCUT2D eigenvalue weighted by Gasteiger charge is 2.45. The van der Waals surface area contributed by atoms with Crippen LogP contribution in [-0.4, -0.2) is 27.6 Å². The van der Waals surface area contributed by atoms with Crippen LogP contribution >= 0.6 is 0 Å². The van der Waals surface area contributed by atoms with Gasteiger partial charge in [-0.25, -0.2) is 4.79 Å². The lowest BCUT2D eigenvalue weighted by atomic mass is 9.85. The summed E-state index contributed by atoms with van der Waals surface area (Å²) < 4.78 is 0. The number of nitrogens with one attached hydrogen (secondary N) is 2. The van der Waals surface area contributed by atoms with Gasteiger partial charge in [0.2, 0.25) is 0 Å². The molecule has 5 N–H and O–H groups in total. The molecule has 114 valence electrons. The van der Waals surface area contributed by atoms with Crippen molar-refractivity contribution in [1.82, 2.24) is 5.32 Å². The number of carbonyl (C=O) groups is 1. The van der Waals surface area contributed by atoms with E-state index in [0.717, 1.165) is 6.08 Å². The molecule has 0 fully saturated rings. The van der Waals surface area contributed by atoms with Crippen LogP contribution in [-0.2, 0) is 4.79 Å². The number of carboxylic acid groups (broad SMARTS) is 1. The fraction of sp³-hybridized carbons (Fsp3) is 0.143. The molecule has 1 aromatic carbocycles. The lowest BCUT2D eigenvalue weighted by molar-refractivity contribution is -0.558. The Morgan fingerprint density at radius 1 is 1.41 bits per heavy atom. The van der Waals surface area contributed by atoms with Crippen LogP contribution in [0, 0.1) is 15.5 Å². The zero-order chi connectivity index (χ0) is 16.3. The van der Waals surface area contributed by atoms with Crippen LogP contribution in [0.5, 0.6) is 0 Å². The van der Waals surface area contributed by atoms with Gasteiger partial charge in [-0.05, 0) is 17.2 Å². The second-order valence-corrected chi connectivity index (χ2v) is 4.79. The summed E-state index contributed by atoms with van der Waals surface area (Å²) in [6, 6.07) is 8.54. The highest BCUT2D eigenvalue weighted by molar-refractivity contribution is 6.00. The molecule has 0 aliphatic heterocycles. The maximum Gasteiger partial charge on any atom is 0.335 e. The van der Waals surface area contributed by atoms with Crippen molar-refractivity contribution in [2.75, 3.05) is 0 Å². The number of guanidine groups is 1. The first-order valence-electron chi connectivity index (χ1n) is 6.33. The molecule has 1 unspecified atom stereocenters. The first kappa shape index (κ1) is 15.2. The van der Waals surface area contributed by atoms with Crippen molar-refractivity contribution in [3.63, 3.8) is 0 Å². The molecular weight excluding hydrogens is 288 g/mol. The largest absolute Gasteiger partial charge is 0.478 e. The number of nitrogens with zero attached hydrogens (tertiary/aromatic N) is 1.